The molecule has 0 aliphatic heterocycles. The number of amides is 1. The lowest BCUT2D eigenvalue weighted by Crippen LogP contribution is -2.55. The lowest BCUT2D eigenvalue weighted by Gasteiger charge is -2.36. The molecule has 1 heterocycles. The summed E-state index contributed by atoms with van der Waals surface area (Å²) in [5.74, 6) is -0.00407. The van der Waals surface area contributed by atoms with Crippen LogP contribution in [0.5, 0.6) is 0 Å². The van der Waals surface area contributed by atoms with E-state index in [9.17, 15) is 4.79 Å². The van der Waals surface area contributed by atoms with Crippen molar-refractivity contribution in [3.63, 3.8) is 0 Å². The maximum absolute atomic E-state index is 12.1. The number of hydrogen-bond acceptors (Lipinski definition) is 3. The molecule has 0 radical (unpaired) electrons. The van der Waals surface area contributed by atoms with Crippen molar-refractivity contribution in [1.82, 2.24) is 5.32 Å². The van der Waals surface area contributed by atoms with Crippen LogP contribution in [0.15, 0.2) is 10.8 Å². The van der Waals surface area contributed by atoms with Crippen molar-refractivity contribution < 1.29 is 4.79 Å². The molecule has 0 saturated heterocycles. The second-order valence-corrected chi connectivity index (χ2v) is 6.35. The zero-order valence-electron chi connectivity index (χ0n) is 11.3. The number of thiophene rings is 1. The molecule has 0 aromatic carbocycles. The molecule has 3 N–H and O–H groups in total. The Bertz CT molecular complexity index is 402. The molecule has 4 heteroatoms. The SMILES string of the molecule is Cc1cscc1CNC(=O)C(C)(C)C(C)(C)N. The van der Waals surface area contributed by atoms with E-state index in [0.29, 0.717) is 6.54 Å². The van der Waals surface area contributed by atoms with Crippen molar-refractivity contribution in [1.29, 1.82) is 0 Å². The lowest BCUT2D eigenvalue weighted by atomic mass is 9.74. The van der Waals surface area contributed by atoms with Gasteiger partial charge in [-0.2, -0.15) is 11.3 Å². The fourth-order valence-electron chi connectivity index (χ4n) is 1.26. The first-order chi connectivity index (χ1) is 7.66. The van der Waals surface area contributed by atoms with E-state index >= 15 is 0 Å². The zero-order valence-corrected chi connectivity index (χ0v) is 12.1. The van der Waals surface area contributed by atoms with Gasteiger partial charge in [0.15, 0.2) is 0 Å². The Hall–Kier alpha value is -0.870. The van der Waals surface area contributed by atoms with Crippen LogP contribution in [0.4, 0.5) is 0 Å². The van der Waals surface area contributed by atoms with Gasteiger partial charge in [-0.05, 0) is 56.5 Å². The highest BCUT2D eigenvalue weighted by Crippen LogP contribution is 2.28. The Morgan fingerprint density at radius 1 is 1.35 bits per heavy atom. The van der Waals surface area contributed by atoms with Gasteiger partial charge in [-0.3, -0.25) is 4.79 Å². The standard InChI is InChI=1S/C13H22N2OS/c1-9-7-17-8-10(9)6-15-11(16)12(2,3)13(4,5)14/h7-8H,6,14H2,1-5H3,(H,15,16). The molecule has 0 fully saturated rings. The highest BCUT2D eigenvalue weighted by molar-refractivity contribution is 7.08. The molecular formula is C13H22N2OS. The van der Waals surface area contributed by atoms with Crippen molar-refractivity contribution in [2.24, 2.45) is 11.1 Å². The van der Waals surface area contributed by atoms with Crippen LogP contribution in [-0.4, -0.2) is 11.4 Å². The Kier molecular flexibility index (Phi) is 3.99. The highest BCUT2D eigenvalue weighted by atomic mass is 32.1. The molecular weight excluding hydrogens is 232 g/mol. The number of nitrogens with one attached hydrogen (secondary N) is 1. The van der Waals surface area contributed by atoms with Crippen molar-refractivity contribution in [2.45, 2.75) is 46.7 Å². The van der Waals surface area contributed by atoms with Crippen LogP contribution < -0.4 is 11.1 Å². The van der Waals surface area contributed by atoms with E-state index in [-0.39, 0.29) is 5.91 Å². The molecule has 96 valence electrons. The van der Waals surface area contributed by atoms with Crippen LogP contribution in [0.25, 0.3) is 0 Å². The Balaban J connectivity index is 2.65. The van der Waals surface area contributed by atoms with Gasteiger partial charge in [0.05, 0.1) is 5.41 Å². The van der Waals surface area contributed by atoms with E-state index in [1.165, 1.54) is 11.1 Å². The summed E-state index contributed by atoms with van der Waals surface area (Å²) in [6.07, 6.45) is 0. The summed E-state index contributed by atoms with van der Waals surface area (Å²) in [7, 11) is 0. The lowest BCUT2D eigenvalue weighted by molar-refractivity contribution is -0.132. The molecule has 0 aliphatic rings. The van der Waals surface area contributed by atoms with E-state index in [4.69, 9.17) is 5.73 Å². The summed E-state index contributed by atoms with van der Waals surface area (Å²) in [5.41, 5.74) is 7.30. The normalized spacial score (nSPS) is 12.6. The van der Waals surface area contributed by atoms with Crippen molar-refractivity contribution in [2.75, 3.05) is 0 Å². The van der Waals surface area contributed by atoms with Crippen LogP contribution in [0, 0.1) is 12.3 Å². The Morgan fingerprint density at radius 2 is 1.94 bits per heavy atom. The summed E-state index contributed by atoms with van der Waals surface area (Å²) in [6, 6.07) is 0. The fourth-order valence-corrected chi connectivity index (χ4v) is 2.11. The third kappa shape index (κ3) is 3.07. The summed E-state index contributed by atoms with van der Waals surface area (Å²) in [5, 5.41) is 7.11. The minimum atomic E-state index is -0.586. The van der Waals surface area contributed by atoms with Crippen LogP contribution in [0.3, 0.4) is 0 Å². The molecule has 1 amide bonds. The molecule has 0 atom stereocenters. The maximum Gasteiger partial charge on any atom is 0.227 e. The van der Waals surface area contributed by atoms with Crippen LogP contribution in [0.1, 0.15) is 38.8 Å². The molecule has 0 aliphatic carbocycles. The number of carbonyl (C=O) groups excluding carboxylic acids is 1. The van der Waals surface area contributed by atoms with E-state index < -0.39 is 11.0 Å². The van der Waals surface area contributed by atoms with Crippen LogP contribution in [0.2, 0.25) is 0 Å². The van der Waals surface area contributed by atoms with Gasteiger partial charge < -0.3 is 11.1 Å². The first-order valence-corrected chi connectivity index (χ1v) is 6.69. The molecule has 0 unspecified atom stereocenters. The number of aryl methyl sites for hydroxylation is 1. The van der Waals surface area contributed by atoms with E-state index in [2.05, 4.69) is 23.0 Å². The predicted molar refractivity (Wildman–Crippen MR) is 73.0 cm³/mol. The van der Waals surface area contributed by atoms with Gasteiger partial charge in [-0.25, -0.2) is 0 Å². The molecule has 1 rings (SSSR count). The molecule has 0 bridgehead atoms. The summed E-state index contributed by atoms with van der Waals surface area (Å²) in [6.45, 7) is 10.1. The fraction of sp³-hybridized carbons (Fsp3) is 0.615. The van der Waals surface area contributed by atoms with Gasteiger partial charge in [0, 0.05) is 12.1 Å². The van der Waals surface area contributed by atoms with E-state index in [0.717, 1.165) is 0 Å². The van der Waals surface area contributed by atoms with E-state index in [1.54, 1.807) is 11.3 Å². The van der Waals surface area contributed by atoms with Gasteiger partial charge in [0.1, 0.15) is 0 Å². The number of nitrogens with two attached hydrogens (primary N) is 1. The molecule has 3 nitrogen and oxygen atoms in total. The summed E-state index contributed by atoms with van der Waals surface area (Å²) in [4.78, 5) is 12.1. The van der Waals surface area contributed by atoms with E-state index in [1.807, 2.05) is 27.7 Å². The third-order valence-electron chi connectivity index (χ3n) is 3.58. The van der Waals surface area contributed by atoms with Crippen molar-refractivity contribution in [3.05, 3.63) is 21.9 Å². The molecule has 1 aromatic heterocycles. The zero-order chi connectivity index (χ0) is 13.3. The highest BCUT2D eigenvalue weighted by Gasteiger charge is 2.40. The maximum atomic E-state index is 12.1. The molecule has 1 aromatic rings. The molecule has 0 saturated carbocycles. The monoisotopic (exact) mass is 254 g/mol. The average molecular weight is 254 g/mol. The van der Waals surface area contributed by atoms with Crippen LogP contribution >= 0.6 is 11.3 Å². The van der Waals surface area contributed by atoms with Gasteiger partial charge in [-0.15, -0.1) is 0 Å². The van der Waals surface area contributed by atoms with Crippen molar-refractivity contribution >= 4 is 17.2 Å². The van der Waals surface area contributed by atoms with Gasteiger partial charge >= 0.3 is 0 Å². The van der Waals surface area contributed by atoms with Gasteiger partial charge in [-0.1, -0.05) is 0 Å². The predicted octanol–water partition coefficient (Wildman–Crippen LogP) is 2.44. The van der Waals surface area contributed by atoms with Crippen LogP contribution in [-0.2, 0) is 11.3 Å². The Morgan fingerprint density at radius 3 is 2.35 bits per heavy atom. The number of rotatable bonds is 4. The molecule has 17 heavy (non-hydrogen) atoms. The smallest absolute Gasteiger partial charge is 0.227 e. The number of carbonyl (C=O) groups is 1. The first kappa shape index (κ1) is 14.2. The average Bonchev–Trinajstić information content (AvgIpc) is 2.58. The minimum Gasteiger partial charge on any atom is -0.351 e. The number of hydrogen-bond donors (Lipinski definition) is 2. The topological polar surface area (TPSA) is 55.1 Å². The summed E-state index contributed by atoms with van der Waals surface area (Å²) >= 11 is 1.65. The summed E-state index contributed by atoms with van der Waals surface area (Å²) < 4.78 is 0. The quantitative estimate of drug-likeness (QED) is 0.867. The largest absolute Gasteiger partial charge is 0.351 e. The molecule has 0 spiro atoms. The first-order valence-electron chi connectivity index (χ1n) is 5.75. The third-order valence-corrected chi connectivity index (χ3v) is 4.49. The van der Waals surface area contributed by atoms with Crippen molar-refractivity contribution in [3.8, 4) is 0 Å². The Labute approximate surface area is 107 Å². The van der Waals surface area contributed by atoms with Gasteiger partial charge in [0.2, 0.25) is 5.91 Å². The minimum absolute atomic E-state index is 0.00407. The van der Waals surface area contributed by atoms with Gasteiger partial charge in [0.25, 0.3) is 0 Å². The second-order valence-electron chi connectivity index (χ2n) is 5.61. The second kappa shape index (κ2) is 4.78.